The van der Waals surface area contributed by atoms with Gasteiger partial charge in [0.15, 0.2) is 6.61 Å². The van der Waals surface area contributed by atoms with Crippen molar-refractivity contribution in [3.63, 3.8) is 0 Å². The van der Waals surface area contributed by atoms with Crippen molar-refractivity contribution in [1.82, 2.24) is 0 Å². The number of carbonyl (C=O) groups excluding carboxylic acids is 2. The molecule has 0 radical (unpaired) electrons. The molecule has 1 aromatic rings. The smallest absolute Gasteiger partial charge is 0.310 e. The molecule has 2 aliphatic rings. The van der Waals surface area contributed by atoms with Crippen molar-refractivity contribution in [2.75, 3.05) is 11.9 Å². The summed E-state index contributed by atoms with van der Waals surface area (Å²) in [6.07, 6.45) is 6.08. The number of hydrogen-bond acceptors (Lipinski definition) is 3. The number of esters is 1. The van der Waals surface area contributed by atoms with Crippen molar-refractivity contribution >= 4 is 40.8 Å². The van der Waals surface area contributed by atoms with E-state index in [-0.39, 0.29) is 24.4 Å². The highest BCUT2D eigenvalue weighted by Gasteiger charge is 2.40. The normalized spacial score (nSPS) is 25.3. The van der Waals surface area contributed by atoms with Crippen molar-refractivity contribution in [2.45, 2.75) is 12.8 Å². The molecule has 0 aromatic heterocycles. The van der Waals surface area contributed by atoms with Crippen molar-refractivity contribution < 1.29 is 14.3 Å². The SMILES string of the molecule is O=C(COC(=O)C1CC2C=CC1C2)Nc1cc(Cl)cc(Cl)c1. The zero-order chi connectivity index (χ0) is 15.7. The van der Waals surface area contributed by atoms with Gasteiger partial charge in [-0.15, -0.1) is 0 Å². The summed E-state index contributed by atoms with van der Waals surface area (Å²) in [4.78, 5) is 23.8. The summed E-state index contributed by atoms with van der Waals surface area (Å²) >= 11 is 11.7. The number of benzene rings is 1. The summed E-state index contributed by atoms with van der Waals surface area (Å²) in [5.74, 6) is -0.0535. The second-order valence-electron chi connectivity index (χ2n) is 5.70. The molecule has 0 spiro atoms. The van der Waals surface area contributed by atoms with E-state index in [1.165, 1.54) is 0 Å². The van der Waals surface area contributed by atoms with Gasteiger partial charge in [-0.1, -0.05) is 35.4 Å². The Morgan fingerprint density at radius 1 is 1.14 bits per heavy atom. The molecule has 0 heterocycles. The lowest BCUT2D eigenvalue weighted by Crippen LogP contribution is -2.26. The fraction of sp³-hybridized carbons (Fsp3) is 0.375. The predicted molar refractivity (Wildman–Crippen MR) is 84.9 cm³/mol. The van der Waals surface area contributed by atoms with Gasteiger partial charge in [0.2, 0.25) is 0 Å². The Kier molecular flexibility index (Phi) is 4.41. The first-order valence-corrected chi connectivity index (χ1v) is 7.88. The van der Waals surface area contributed by atoms with Crippen LogP contribution in [0.25, 0.3) is 0 Å². The summed E-state index contributed by atoms with van der Waals surface area (Å²) in [6.45, 7) is -0.305. The number of anilines is 1. The molecule has 1 N–H and O–H groups in total. The van der Waals surface area contributed by atoms with E-state index in [1.54, 1.807) is 18.2 Å². The molecule has 3 rings (SSSR count). The van der Waals surface area contributed by atoms with Gasteiger partial charge in [-0.05, 0) is 42.9 Å². The van der Waals surface area contributed by atoms with Crippen LogP contribution in [0.4, 0.5) is 5.69 Å². The average Bonchev–Trinajstić information content (AvgIpc) is 3.06. The number of rotatable bonds is 4. The third kappa shape index (κ3) is 3.45. The van der Waals surface area contributed by atoms with Gasteiger partial charge in [0, 0.05) is 15.7 Å². The second kappa shape index (κ2) is 6.31. The standard InChI is InChI=1S/C16H15Cl2NO3/c17-11-5-12(18)7-13(6-11)19-15(20)8-22-16(21)14-4-9-1-2-10(14)3-9/h1-2,5-7,9-10,14H,3-4,8H2,(H,19,20). The van der Waals surface area contributed by atoms with E-state index in [0.29, 0.717) is 21.7 Å². The van der Waals surface area contributed by atoms with Gasteiger partial charge in [0.25, 0.3) is 5.91 Å². The Morgan fingerprint density at radius 2 is 1.86 bits per heavy atom. The van der Waals surface area contributed by atoms with Gasteiger partial charge in [0.1, 0.15) is 0 Å². The van der Waals surface area contributed by atoms with Gasteiger partial charge < -0.3 is 10.1 Å². The van der Waals surface area contributed by atoms with Crippen molar-refractivity contribution in [3.05, 3.63) is 40.4 Å². The van der Waals surface area contributed by atoms with E-state index >= 15 is 0 Å². The van der Waals surface area contributed by atoms with Gasteiger partial charge in [-0.3, -0.25) is 9.59 Å². The van der Waals surface area contributed by atoms with Gasteiger partial charge in [-0.25, -0.2) is 0 Å². The number of hydrogen-bond donors (Lipinski definition) is 1. The maximum absolute atomic E-state index is 12.0. The van der Waals surface area contributed by atoms with Gasteiger partial charge in [0.05, 0.1) is 5.92 Å². The third-order valence-corrected chi connectivity index (χ3v) is 4.51. The number of carbonyl (C=O) groups is 2. The fourth-order valence-corrected chi connectivity index (χ4v) is 3.64. The third-order valence-electron chi connectivity index (χ3n) is 4.07. The molecule has 2 aliphatic carbocycles. The molecule has 22 heavy (non-hydrogen) atoms. The lowest BCUT2D eigenvalue weighted by atomic mass is 9.94. The van der Waals surface area contributed by atoms with Crippen LogP contribution in [0.5, 0.6) is 0 Å². The monoisotopic (exact) mass is 339 g/mol. The lowest BCUT2D eigenvalue weighted by Gasteiger charge is -2.16. The van der Waals surface area contributed by atoms with E-state index in [1.807, 2.05) is 0 Å². The van der Waals surface area contributed by atoms with Crippen LogP contribution < -0.4 is 5.32 Å². The molecule has 1 fully saturated rings. The summed E-state index contributed by atoms with van der Waals surface area (Å²) in [5.41, 5.74) is 0.474. The highest BCUT2D eigenvalue weighted by atomic mass is 35.5. The van der Waals surface area contributed by atoms with Crippen LogP contribution in [0.2, 0.25) is 10.0 Å². The number of fused-ring (bicyclic) bond motifs is 2. The van der Waals surface area contributed by atoms with Crippen LogP contribution in [0.15, 0.2) is 30.4 Å². The Labute approximate surface area is 138 Å². The molecule has 1 amide bonds. The van der Waals surface area contributed by atoms with Gasteiger partial charge >= 0.3 is 5.97 Å². The molecule has 3 unspecified atom stereocenters. The predicted octanol–water partition coefficient (Wildman–Crippen LogP) is 3.69. The summed E-state index contributed by atoms with van der Waals surface area (Å²) < 4.78 is 5.12. The number of halogens is 2. The molecule has 2 bridgehead atoms. The zero-order valence-electron chi connectivity index (χ0n) is 11.7. The lowest BCUT2D eigenvalue weighted by molar-refractivity contribution is -0.152. The molecule has 6 heteroatoms. The molecule has 3 atom stereocenters. The first-order valence-electron chi connectivity index (χ1n) is 7.12. The quantitative estimate of drug-likeness (QED) is 0.672. The van der Waals surface area contributed by atoms with Crippen molar-refractivity contribution in [1.29, 1.82) is 0 Å². The minimum Gasteiger partial charge on any atom is -0.455 e. The number of amides is 1. The second-order valence-corrected chi connectivity index (χ2v) is 6.57. The molecule has 0 saturated heterocycles. The zero-order valence-corrected chi connectivity index (χ0v) is 13.2. The first-order chi connectivity index (χ1) is 10.5. The van der Waals surface area contributed by atoms with Crippen LogP contribution in [-0.2, 0) is 14.3 Å². The topological polar surface area (TPSA) is 55.4 Å². The summed E-state index contributed by atoms with van der Waals surface area (Å²) in [5, 5.41) is 3.45. The first kappa shape index (κ1) is 15.4. The molecule has 1 aromatic carbocycles. The number of allylic oxidation sites excluding steroid dienone is 2. The summed E-state index contributed by atoms with van der Waals surface area (Å²) in [6, 6.07) is 4.73. The van der Waals surface area contributed by atoms with Crippen LogP contribution in [0.1, 0.15) is 12.8 Å². The molecule has 4 nitrogen and oxygen atoms in total. The van der Waals surface area contributed by atoms with E-state index in [0.717, 1.165) is 12.8 Å². The van der Waals surface area contributed by atoms with E-state index in [4.69, 9.17) is 27.9 Å². The largest absolute Gasteiger partial charge is 0.455 e. The van der Waals surface area contributed by atoms with Crippen molar-refractivity contribution in [2.24, 2.45) is 17.8 Å². The molecule has 0 aliphatic heterocycles. The average molecular weight is 340 g/mol. The van der Waals surface area contributed by atoms with Crippen LogP contribution >= 0.6 is 23.2 Å². The van der Waals surface area contributed by atoms with E-state index in [9.17, 15) is 9.59 Å². The number of ether oxygens (including phenoxy) is 1. The highest BCUT2D eigenvalue weighted by molar-refractivity contribution is 6.35. The highest BCUT2D eigenvalue weighted by Crippen LogP contribution is 2.43. The Hall–Kier alpha value is -1.52. The van der Waals surface area contributed by atoms with Crippen LogP contribution in [0, 0.1) is 17.8 Å². The van der Waals surface area contributed by atoms with Crippen molar-refractivity contribution in [3.8, 4) is 0 Å². The molecular formula is C16H15Cl2NO3. The fourth-order valence-electron chi connectivity index (χ4n) is 3.12. The Balaban J connectivity index is 1.50. The molecular weight excluding hydrogens is 325 g/mol. The van der Waals surface area contributed by atoms with Gasteiger partial charge in [-0.2, -0.15) is 0 Å². The van der Waals surface area contributed by atoms with Crippen LogP contribution in [-0.4, -0.2) is 18.5 Å². The van der Waals surface area contributed by atoms with Crippen LogP contribution in [0.3, 0.4) is 0 Å². The van der Waals surface area contributed by atoms with E-state index < -0.39 is 5.91 Å². The Bertz CT molecular complexity index is 624. The maximum Gasteiger partial charge on any atom is 0.310 e. The minimum atomic E-state index is -0.412. The number of nitrogens with one attached hydrogen (secondary N) is 1. The Morgan fingerprint density at radius 3 is 2.45 bits per heavy atom. The minimum absolute atomic E-state index is 0.108. The summed E-state index contributed by atoms with van der Waals surface area (Å²) in [7, 11) is 0. The molecule has 116 valence electrons. The maximum atomic E-state index is 12.0. The van der Waals surface area contributed by atoms with E-state index in [2.05, 4.69) is 17.5 Å². The molecule has 1 saturated carbocycles.